The number of methoxy groups -OCH3 is 1. The van der Waals surface area contributed by atoms with Crippen LogP contribution in [-0.2, 0) is 15.6 Å². The van der Waals surface area contributed by atoms with Crippen molar-refractivity contribution in [3.8, 4) is 22.6 Å². The summed E-state index contributed by atoms with van der Waals surface area (Å²) < 4.78 is 17.4. The number of fused-ring (bicyclic) bond motifs is 1. The molecule has 0 aliphatic heterocycles. The van der Waals surface area contributed by atoms with Crippen molar-refractivity contribution in [3.63, 3.8) is 0 Å². The molecule has 0 amide bonds. The molecule has 0 aromatic heterocycles. The molecule has 3 nitrogen and oxygen atoms in total. The van der Waals surface area contributed by atoms with E-state index in [0.29, 0.717) is 0 Å². The van der Waals surface area contributed by atoms with E-state index in [1.165, 1.54) is 36.8 Å². The molecule has 0 heterocycles. The molecule has 0 saturated heterocycles. The Bertz CT molecular complexity index is 851. The Morgan fingerprint density at radius 3 is 2.13 bits per heavy atom. The van der Waals surface area contributed by atoms with Gasteiger partial charge in [-0.3, -0.25) is 0 Å². The normalized spacial score (nSPS) is 16.7. The van der Waals surface area contributed by atoms with Crippen LogP contribution in [-0.4, -0.2) is 20.5 Å². The third kappa shape index (κ3) is 4.83. The summed E-state index contributed by atoms with van der Waals surface area (Å²) in [6, 6.07) is 12.9. The summed E-state index contributed by atoms with van der Waals surface area (Å²) in [7, 11) is 1.65. The van der Waals surface area contributed by atoms with E-state index in [0.717, 1.165) is 35.7 Å². The minimum absolute atomic E-state index is 0.142. The molecule has 164 valence electrons. The van der Waals surface area contributed by atoms with Crippen LogP contribution in [0.25, 0.3) is 11.1 Å². The van der Waals surface area contributed by atoms with Gasteiger partial charge in [-0.15, -0.1) is 0 Å². The summed E-state index contributed by atoms with van der Waals surface area (Å²) >= 11 is 0. The van der Waals surface area contributed by atoms with Gasteiger partial charge in [0.1, 0.15) is 11.5 Å². The van der Waals surface area contributed by atoms with E-state index in [4.69, 9.17) is 14.2 Å². The fraction of sp³-hybridized carbons (Fsp3) is 0.556. The highest BCUT2D eigenvalue weighted by molar-refractivity contribution is 5.78. The minimum Gasteiger partial charge on any atom is -0.493 e. The van der Waals surface area contributed by atoms with Gasteiger partial charge in [0.2, 0.25) is 0 Å². The average molecular weight is 411 g/mol. The molecular formula is C27H38O3. The van der Waals surface area contributed by atoms with E-state index < -0.39 is 0 Å². The van der Waals surface area contributed by atoms with Crippen molar-refractivity contribution in [1.29, 1.82) is 0 Å². The van der Waals surface area contributed by atoms with Gasteiger partial charge in [0.15, 0.2) is 6.79 Å². The lowest BCUT2D eigenvalue weighted by Gasteiger charge is -2.42. The Hall–Kier alpha value is -2.00. The molecule has 0 atom stereocenters. The molecule has 0 bridgehead atoms. The second-order valence-electron chi connectivity index (χ2n) is 9.76. The van der Waals surface area contributed by atoms with Crippen molar-refractivity contribution < 1.29 is 14.2 Å². The van der Waals surface area contributed by atoms with Crippen LogP contribution < -0.4 is 9.47 Å². The van der Waals surface area contributed by atoms with Crippen LogP contribution in [0.3, 0.4) is 0 Å². The molecule has 1 aliphatic rings. The summed E-state index contributed by atoms with van der Waals surface area (Å²) in [4.78, 5) is 0. The van der Waals surface area contributed by atoms with Crippen LogP contribution in [0.15, 0.2) is 36.4 Å². The van der Waals surface area contributed by atoms with Gasteiger partial charge in [-0.05, 0) is 59.4 Å². The summed E-state index contributed by atoms with van der Waals surface area (Å²) in [5.41, 5.74) is 5.31. The van der Waals surface area contributed by atoms with E-state index in [1.807, 2.05) is 12.1 Å². The van der Waals surface area contributed by atoms with Crippen molar-refractivity contribution in [2.24, 2.45) is 0 Å². The molecule has 2 aromatic rings. The predicted octanol–water partition coefficient (Wildman–Crippen LogP) is 7.25. The topological polar surface area (TPSA) is 27.7 Å². The Kier molecular flexibility index (Phi) is 7.13. The van der Waals surface area contributed by atoms with E-state index in [9.17, 15) is 0 Å². The first-order chi connectivity index (χ1) is 14.3. The van der Waals surface area contributed by atoms with Crippen LogP contribution in [0.2, 0.25) is 0 Å². The second-order valence-corrected chi connectivity index (χ2v) is 9.76. The standard InChI is InChI=1S/C27H38O3/c1-7-8-11-16-29-25-18-23-22(26(2,3)14-15-27(23,4)5)17-21(25)20-12-9-10-13-24(20)30-19-28-6/h9-10,12-13,17-18H,7-8,11,14-16,19H2,1-6H3. The number of rotatable bonds is 9. The van der Waals surface area contributed by atoms with Gasteiger partial charge in [0, 0.05) is 18.2 Å². The van der Waals surface area contributed by atoms with Crippen LogP contribution >= 0.6 is 0 Å². The summed E-state index contributed by atoms with van der Waals surface area (Å²) in [5.74, 6) is 1.79. The monoisotopic (exact) mass is 410 g/mol. The molecule has 30 heavy (non-hydrogen) atoms. The zero-order valence-corrected chi connectivity index (χ0v) is 19.6. The highest BCUT2D eigenvalue weighted by Crippen LogP contribution is 2.50. The lowest BCUT2D eigenvalue weighted by molar-refractivity contribution is 0.0515. The van der Waals surface area contributed by atoms with Gasteiger partial charge in [-0.1, -0.05) is 65.7 Å². The number of hydrogen-bond donors (Lipinski definition) is 0. The van der Waals surface area contributed by atoms with Crippen LogP contribution in [0.4, 0.5) is 0 Å². The molecule has 0 fully saturated rings. The first-order valence-corrected chi connectivity index (χ1v) is 11.3. The van der Waals surface area contributed by atoms with Crippen molar-refractivity contribution in [1.82, 2.24) is 0 Å². The number of ether oxygens (including phenoxy) is 3. The largest absolute Gasteiger partial charge is 0.493 e. The van der Waals surface area contributed by atoms with Gasteiger partial charge >= 0.3 is 0 Å². The minimum atomic E-state index is 0.142. The SMILES string of the molecule is CCCCCOc1cc2c(cc1-c1ccccc1OCOC)C(C)(C)CCC2(C)C. The number of unbranched alkanes of at least 4 members (excludes halogenated alkanes) is 2. The van der Waals surface area contributed by atoms with Crippen molar-refractivity contribution >= 4 is 0 Å². The van der Waals surface area contributed by atoms with Crippen molar-refractivity contribution in [3.05, 3.63) is 47.5 Å². The van der Waals surface area contributed by atoms with Crippen LogP contribution in [0.1, 0.15) is 77.8 Å². The summed E-state index contributed by atoms with van der Waals surface area (Å²) in [6.07, 6.45) is 5.82. The Morgan fingerprint density at radius 1 is 0.800 bits per heavy atom. The van der Waals surface area contributed by atoms with E-state index in [1.54, 1.807) is 7.11 Å². The third-order valence-corrected chi connectivity index (χ3v) is 6.47. The molecule has 3 heteroatoms. The third-order valence-electron chi connectivity index (χ3n) is 6.47. The van der Waals surface area contributed by atoms with Gasteiger partial charge in [-0.2, -0.15) is 0 Å². The van der Waals surface area contributed by atoms with Crippen LogP contribution in [0, 0.1) is 0 Å². The first-order valence-electron chi connectivity index (χ1n) is 11.3. The van der Waals surface area contributed by atoms with Gasteiger partial charge in [0.05, 0.1) is 6.61 Å². The van der Waals surface area contributed by atoms with Crippen molar-refractivity contribution in [2.75, 3.05) is 20.5 Å². The summed E-state index contributed by atoms with van der Waals surface area (Å²) in [6.45, 7) is 12.6. The quantitative estimate of drug-likeness (QED) is 0.322. The fourth-order valence-electron chi connectivity index (χ4n) is 4.40. The van der Waals surface area contributed by atoms with E-state index in [2.05, 4.69) is 58.9 Å². The molecular weight excluding hydrogens is 372 g/mol. The summed E-state index contributed by atoms with van der Waals surface area (Å²) in [5, 5.41) is 0. The molecule has 1 aliphatic carbocycles. The maximum Gasteiger partial charge on any atom is 0.188 e. The molecule has 0 spiro atoms. The molecule has 0 radical (unpaired) electrons. The number of hydrogen-bond acceptors (Lipinski definition) is 3. The molecule has 0 N–H and O–H groups in total. The van der Waals surface area contributed by atoms with E-state index >= 15 is 0 Å². The second kappa shape index (κ2) is 9.43. The molecule has 3 rings (SSSR count). The average Bonchev–Trinajstić information content (AvgIpc) is 2.73. The first kappa shape index (κ1) is 22.7. The number of para-hydroxylation sites is 1. The molecule has 2 aromatic carbocycles. The van der Waals surface area contributed by atoms with Crippen molar-refractivity contribution in [2.45, 2.75) is 77.6 Å². The Morgan fingerprint density at radius 2 is 1.47 bits per heavy atom. The maximum absolute atomic E-state index is 6.39. The molecule has 0 saturated carbocycles. The van der Waals surface area contributed by atoms with Gasteiger partial charge in [-0.25, -0.2) is 0 Å². The smallest absolute Gasteiger partial charge is 0.188 e. The maximum atomic E-state index is 6.39. The lowest BCUT2D eigenvalue weighted by atomic mass is 9.62. The highest BCUT2D eigenvalue weighted by atomic mass is 16.7. The Labute approximate surface area is 182 Å². The zero-order valence-electron chi connectivity index (χ0n) is 19.6. The number of benzene rings is 2. The van der Waals surface area contributed by atoms with Crippen LogP contribution in [0.5, 0.6) is 11.5 Å². The van der Waals surface area contributed by atoms with E-state index in [-0.39, 0.29) is 17.6 Å². The van der Waals surface area contributed by atoms with Gasteiger partial charge in [0.25, 0.3) is 0 Å². The fourth-order valence-corrected chi connectivity index (χ4v) is 4.40. The highest BCUT2D eigenvalue weighted by Gasteiger charge is 2.38. The molecule has 0 unspecified atom stereocenters. The predicted molar refractivity (Wildman–Crippen MR) is 125 cm³/mol. The zero-order chi connectivity index (χ0) is 21.8. The van der Waals surface area contributed by atoms with Gasteiger partial charge < -0.3 is 14.2 Å². The Balaban J connectivity index is 2.13. The lowest BCUT2D eigenvalue weighted by Crippen LogP contribution is -2.34.